The lowest BCUT2D eigenvalue weighted by Crippen LogP contribution is -2.33. The first-order valence-corrected chi connectivity index (χ1v) is 11.1. The molecule has 0 unspecified atom stereocenters. The van der Waals surface area contributed by atoms with Gasteiger partial charge in [-0.25, -0.2) is 8.42 Å². The smallest absolute Gasteiger partial charge is 0.253 e. The fourth-order valence-corrected chi connectivity index (χ4v) is 4.02. The zero-order valence-electron chi connectivity index (χ0n) is 15.4. The molecule has 3 rings (SSSR count). The third-order valence-corrected chi connectivity index (χ3v) is 5.80. The number of halogens is 2. The second-order valence-corrected chi connectivity index (χ2v) is 9.44. The summed E-state index contributed by atoms with van der Waals surface area (Å²) in [7, 11) is -3.73. The summed E-state index contributed by atoms with van der Waals surface area (Å²) in [5, 5.41) is 1.05. The molecule has 28 heavy (non-hydrogen) atoms. The third kappa shape index (κ3) is 3.87. The standard InChI is InChI=1S/C19H18Cl2N2O4S/c1-10(2)11-4-5-12-15(8-11)23(9-16(24)22-28(3,26)27)18-13(19(12)25)6-7-14(20)17(18)21/h4-8,10H,9H2,1-3H3,(H,22,24). The number of fused-ring (bicyclic) bond motifs is 2. The molecule has 1 amide bonds. The van der Waals surface area contributed by atoms with E-state index in [9.17, 15) is 18.0 Å². The monoisotopic (exact) mass is 440 g/mol. The maximum Gasteiger partial charge on any atom is 0.253 e. The van der Waals surface area contributed by atoms with Crippen LogP contribution in [0.15, 0.2) is 35.1 Å². The molecule has 0 spiro atoms. The summed E-state index contributed by atoms with van der Waals surface area (Å²) in [6, 6.07) is 8.44. The summed E-state index contributed by atoms with van der Waals surface area (Å²) in [5.41, 5.74) is 1.49. The van der Waals surface area contributed by atoms with Gasteiger partial charge in [-0.2, -0.15) is 0 Å². The number of hydrogen-bond acceptors (Lipinski definition) is 4. The van der Waals surface area contributed by atoms with E-state index in [1.54, 1.807) is 12.1 Å². The molecule has 1 heterocycles. The van der Waals surface area contributed by atoms with Crippen LogP contribution in [0, 0.1) is 0 Å². The predicted octanol–water partition coefficient (Wildman–Crippen LogP) is 3.66. The Labute approximate surface area is 172 Å². The molecule has 0 fully saturated rings. The van der Waals surface area contributed by atoms with Crippen LogP contribution < -0.4 is 10.2 Å². The summed E-state index contributed by atoms with van der Waals surface area (Å²) in [4.78, 5) is 25.3. The van der Waals surface area contributed by atoms with Gasteiger partial charge in [0.1, 0.15) is 6.54 Å². The predicted molar refractivity (Wildman–Crippen MR) is 113 cm³/mol. The molecule has 0 aliphatic carbocycles. The summed E-state index contributed by atoms with van der Waals surface area (Å²) in [6.45, 7) is 3.66. The highest BCUT2D eigenvalue weighted by molar-refractivity contribution is 7.89. The Bertz CT molecular complexity index is 1280. The second-order valence-electron chi connectivity index (χ2n) is 6.90. The topological polar surface area (TPSA) is 85.2 Å². The van der Waals surface area contributed by atoms with Gasteiger partial charge in [0, 0.05) is 10.8 Å². The Morgan fingerprint density at radius 1 is 1.14 bits per heavy atom. The number of benzene rings is 2. The Balaban J connectivity index is 2.42. The van der Waals surface area contributed by atoms with Gasteiger partial charge < -0.3 is 4.57 Å². The first-order valence-electron chi connectivity index (χ1n) is 8.44. The Kier molecular flexibility index (Phi) is 5.44. The van der Waals surface area contributed by atoms with Crippen LogP contribution in [0.2, 0.25) is 10.0 Å². The van der Waals surface area contributed by atoms with Crippen molar-refractivity contribution in [2.24, 2.45) is 0 Å². The lowest BCUT2D eigenvalue weighted by atomic mass is 10.00. The van der Waals surface area contributed by atoms with Gasteiger partial charge in [0.25, 0.3) is 5.91 Å². The van der Waals surface area contributed by atoms with Gasteiger partial charge in [-0.15, -0.1) is 0 Å². The van der Waals surface area contributed by atoms with Crippen LogP contribution in [0.25, 0.3) is 21.8 Å². The van der Waals surface area contributed by atoms with E-state index in [0.717, 1.165) is 11.8 Å². The third-order valence-electron chi connectivity index (χ3n) is 4.41. The zero-order valence-corrected chi connectivity index (χ0v) is 17.7. The second kappa shape index (κ2) is 7.39. The van der Waals surface area contributed by atoms with Crippen molar-refractivity contribution in [3.63, 3.8) is 0 Å². The molecule has 3 aromatic rings. The number of aromatic nitrogens is 1. The summed E-state index contributed by atoms with van der Waals surface area (Å²) < 4.78 is 26.4. The van der Waals surface area contributed by atoms with Gasteiger partial charge in [-0.1, -0.05) is 43.1 Å². The summed E-state index contributed by atoms with van der Waals surface area (Å²) in [5.74, 6) is -0.567. The molecule has 0 radical (unpaired) electrons. The van der Waals surface area contributed by atoms with Crippen LogP contribution in [0.5, 0.6) is 0 Å². The minimum Gasteiger partial charge on any atom is -0.329 e. The van der Waals surface area contributed by atoms with Crippen molar-refractivity contribution in [3.05, 3.63) is 56.2 Å². The van der Waals surface area contributed by atoms with E-state index < -0.39 is 15.9 Å². The van der Waals surface area contributed by atoms with Crippen LogP contribution in [0.1, 0.15) is 25.3 Å². The maximum absolute atomic E-state index is 13.0. The van der Waals surface area contributed by atoms with Gasteiger partial charge in [-0.3, -0.25) is 14.3 Å². The lowest BCUT2D eigenvalue weighted by molar-refractivity contribution is -0.119. The molecule has 0 aliphatic rings. The highest BCUT2D eigenvalue weighted by Crippen LogP contribution is 2.32. The fraction of sp³-hybridized carbons (Fsp3) is 0.263. The van der Waals surface area contributed by atoms with Crippen molar-refractivity contribution in [1.82, 2.24) is 9.29 Å². The number of rotatable bonds is 4. The van der Waals surface area contributed by atoms with Gasteiger partial charge in [0.05, 0.1) is 27.3 Å². The van der Waals surface area contributed by atoms with Crippen molar-refractivity contribution >= 4 is 60.9 Å². The van der Waals surface area contributed by atoms with Gasteiger partial charge in [0.15, 0.2) is 5.43 Å². The molecule has 0 atom stereocenters. The van der Waals surface area contributed by atoms with E-state index in [4.69, 9.17) is 23.2 Å². The minimum absolute atomic E-state index is 0.125. The Morgan fingerprint density at radius 2 is 1.79 bits per heavy atom. The van der Waals surface area contributed by atoms with E-state index in [1.807, 2.05) is 30.7 Å². The quantitative estimate of drug-likeness (QED) is 0.627. The van der Waals surface area contributed by atoms with Crippen LogP contribution in [-0.4, -0.2) is 25.1 Å². The number of hydrogen-bond donors (Lipinski definition) is 1. The number of pyridine rings is 1. The number of nitrogens with one attached hydrogen (secondary N) is 1. The molecule has 0 bridgehead atoms. The van der Waals surface area contributed by atoms with Crippen molar-refractivity contribution in [1.29, 1.82) is 0 Å². The number of sulfonamides is 1. The first kappa shape index (κ1) is 20.6. The molecular formula is C19H18Cl2N2O4S. The summed E-state index contributed by atoms with van der Waals surface area (Å²) in [6.07, 6.45) is 0.896. The normalized spacial score (nSPS) is 12.1. The van der Waals surface area contributed by atoms with Crippen LogP contribution in [-0.2, 0) is 21.4 Å². The Morgan fingerprint density at radius 3 is 2.39 bits per heavy atom. The molecule has 0 saturated heterocycles. The van der Waals surface area contributed by atoms with E-state index in [2.05, 4.69) is 0 Å². The first-order chi connectivity index (χ1) is 13.0. The number of carbonyl (C=O) groups excluding carboxylic acids is 1. The molecule has 1 N–H and O–H groups in total. The molecule has 1 aromatic heterocycles. The van der Waals surface area contributed by atoms with E-state index >= 15 is 0 Å². The average Bonchev–Trinajstić information content (AvgIpc) is 2.59. The van der Waals surface area contributed by atoms with Crippen molar-refractivity contribution < 1.29 is 13.2 Å². The maximum atomic E-state index is 13.0. The minimum atomic E-state index is -3.73. The SMILES string of the molecule is CC(C)c1ccc2c(=O)c3ccc(Cl)c(Cl)c3n(CC(=O)NS(C)(=O)=O)c2c1. The number of nitrogens with zero attached hydrogens (tertiary/aromatic N) is 1. The molecule has 0 saturated carbocycles. The largest absolute Gasteiger partial charge is 0.329 e. The fourth-order valence-electron chi connectivity index (χ4n) is 3.12. The average molecular weight is 441 g/mol. The molecule has 0 aliphatic heterocycles. The number of amides is 1. The van der Waals surface area contributed by atoms with Crippen molar-refractivity contribution in [2.45, 2.75) is 26.3 Å². The van der Waals surface area contributed by atoms with E-state index in [-0.39, 0.29) is 33.5 Å². The Hall–Kier alpha value is -2.09. The van der Waals surface area contributed by atoms with Gasteiger partial charge in [0.2, 0.25) is 10.0 Å². The molecular weight excluding hydrogens is 423 g/mol. The lowest BCUT2D eigenvalue weighted by Gasteiger charge is -2.18. The van der Waals surface area contributed by atoms with E-state index in [0.29, 0.717) is 16.3 Å². The highest BCUT2D eigenvalue weighted by Gasteiger charge is 2.19. The van der Waals surface area contributed by atoms with Crippen molar-refractivity contribution in [2.75, 3.05) is 6.26 Å². The van der Waals surface area contributed by atoms with Gasteiger partial charge in [-0.05, 0) is 35.7 Å². The van der Waals surface area contributed by atoms with Gasteiger partial charge >= 0.3 is 0 Å². The zero-order chi connectivity index (χ0) is 20.8. The summed E-state index contributed by atoms with van der Waals surface area (Å²) >= 11 is 12.5. The molecule has 6 nitrogen and oxygen atoms in total. The number of carbonyl (C=O) groups is 1. The molecule has 9 heteroatoms. The van der Waals surface area contributed by atoms with Crippen LogP contribution in [0.3, 0.4) is 0 Å². The highest BCUT2D eigenvalue weighted by atomic mass is 35.5. The van der Waals surface area contributed by atoms with Crippen molar-refractivity contribution in [3.8, 4) is 0 Å². The van der Waals surface area contributed by atoms with Crippen LogP contribution >= 0.6 is 23.2 Å². The van der Waals surface area contributed by atoms with Crippen LogP contribution in [0.4, 0.5) is 0 Å². The molecule has 148 valence electrons. The molecule has 2 aromatic carbocycles. The van der Waals surface area contributed by atoms with E-state index in [1.165, 1.54) is 10.6 Å².